The second-order valence-corrected chi connectivity index (χ2v) is 6.77. The van der Waals surface area contributed by atoms with Gasteiger partial charge in [0.1, 0.15) is 0 Å². The highest BCUT2D eigenvalue weighted by Gasteiger charge is 2.07. The molecule has 0 saturated heterocycles. The van der Waals surface area contributed by atoms with Crippen LogP contribution in [-0.2, 0) is 6.54 Å². The van der Waals surface area contributed by atoms with Gasteiger partial charge in [0, 0.05) is 33.9 Å². The van der Waals surface area contributed by atoms with E-state index in [1.165, 1.54) is 0 Å². The van der Waals surface area contributed by atoms with Crippen molar-refractivity contribution in [2.75, 3.05) is 0 Å². The molecule has 0 aliphatic carbocycles. The third kappa shape index (κ3) is 3.71. The Bertz CT molecular complexity index is 1170. The molecule has 6 nitrogen and oxygen atoms in total. The molecule has 28 heavy (non-hydrogen) atoms. The molecule has 0 saturated carbocycles. The fraction of sp³-hybridized carbons (Fsp3) is 0.136. The second-order valence-electron chi connectivity index (χ2n) is 6.77. The molecule has 4 aromatic rings. The van der Waals surface area contributed by atoms with Crippen LogP contribution in [0.1, 0.15) is 32.9 Å². The molecule has 2 aromatic carbocycles. The van der Waals surface area contributed by atoms with Crippen LogP contribution >= 0.6 is 0 Å². The average molecular weight is 371 g/mol. The molecule has 2 heterocycles. The molecular weight excluding hydrogens is 350 g/mol. The van der Waals surface area contributed by atoms with E-state index in [0.717, 1.165) is 33.4 Å². The predicted octanol–water partition coefficient (Wildman–Crippen LogP) is 3.79. The number of carbonyl (C=O) groups is 1. The summed E-state index contributed by atoms with van der Waals surface area (Å²) in [5.41, 5.74) is 8.22. The van der Waals surface area contributed by atoms with Gasteiger partial charge in [-0.25, -0.2) is 5.43 Å². The number of carbonyl (C=O) groups excluding carboxylic acids is 1. The second kappa shape index (κ2) is 7.52. The molecule has 0 atom stereocenters. The van der Waals surface area contributed by atoms with Gasteiger partial charge in [0.15, 0.2) is 0 Å². The molecule has 2 N–H and O–H groups in total. The molecule has 1 amide bonds. The van der Waals surface area contributed by atoms with Gasteiger partial charge in [-0.1, -0.05) is 30.3 Å². The lowest BCUT2D eigenvalue weighted by atomic mass is 10.1. The van der Waals surface area contributed by atoms with E-state index >= 15 is 0 Å². The average Bonchev–Trinajstić information content (AvgIpc) is 3.24. The molecule has 140 valence electrons. The summed E-state index contributed by atoms with van der Waals surface area (Å²) in [5.74, 6) is -0.244. The largest absolute Gasteiger partial charge is 0.361 e. The maximum Gasteiger partial charge on any atom is 0.271 e. The Morgan fingerprint density at radius 3 is 2.86 bits per heavy atom. The number of H-pyrrole nitrogens is 1. The van der Waals surface area contributed by atoms with Crippen molar-refractivity contribution in [1.82, 2.24) is 20.2 Å². The van der Waals surface area contributed by atoms with Crippen molar-refractivity contribution >= 4 is 23.0 Å². The van der Waals surface area contributed by atoms with E-state index in [1.54, 1.807) is 12.3 Å². The zero-order chi connectivity index (χ0) is 19.5. The minimum atomic E-state index is -0.244. The summed E-state index contributed by atoms with van der Waals surface area (Å²) in [6.07, 6.45) is 3.52. The minimum Gasteiger partial charge on any atom is -0.361 e. The number of benzene rings is 2. The Labute approximate surface area is 162 Å². The fourth-order valence-corrected chi connectivity index (χ4v) is 3.24. The van der Waals surface area contributed by atoms with Crippen LogP contribution < -0.4 is 5.43 Å². The van der Waals surface area contributed by atoms with Gasteiger partial charge in [-0.3, -0.25) is 9.48 Å². The van der Waals surface area contributed by atoms with E-state index in [4.69, 9.17) is 0 Å². The number of aryl methyl sites for hydroxylation is 2. The Balaban J connectivity index is 1.45. The van der Waals surface area contributed by atoms with Crippen LogP contribution in [0.25, 0.3) is 10.9 Å². The van der Waals surface area contributed by atoms with Crippen molar-refractivity contribution in [1.29, 1.82) is 0 Å². The summed E-state index contributed by atoms with van der Waals surface area (Å²) < 4.78 is 1.93. The number of aromatic amines is 1. The fourth-order valence-electron chi connectivity index (χ4n) is 3.24. The maximum absolute atomic E-state index is 12.5. The molecule has 0 unspecified atom stereocenters. The number of hydrogen-bond acceptors (Lipinski definition) is 3. The third-order valence-corrected chi connectivity index (χ3v) is 4.62. The van der Waals surface area contributed by atoms with Gasteiger partial charge in [0.25, 0.3) is 5.91 Å². The van der Waals surface area contributed by atoms with Crippen LogP contribution in [0, 0.1) is 13.8 Å². The van der Waals surface area contributed by atoms with Crippen LogP contribution in [0.3, 0.4) is 0 Å². The Kier molecular flexibility index (Phi) is 4.76. The van der Waals surface area contributed by atoms with E-state index in [1.807, 2.05) is 73.3 Å². The zero-order valence-electron chi connectivity index (χ0n) is 15.8. The molecule has 0 aliphatic heterocycles. The summed E-state index contributed by atoms with van der Waals surface area (Å²) in [5, 5.41) is 9.64. The molecule has 0 radical (unpaired) electrons. The van der Waals surface area contributed by atoms with Gasteiger partial charge < -0.3 is 4.98 Å². The van der Waals surface area contributed by atoms with E-state index in [0.29, 0.717) is 12.1 Å². The summed E-state index contributed by atoms with van der Waals surface area (Å²) in [4.78, 5) is 15.6. The summed E-state index contributed by atoms with van der Waals surface area (Å²) in [7, 11) is 0. The van der Waals surface area contributed by atoms with Gasteiger partial charge in [0.2, 0.25) is 0 Å². The number of amides is 1. The van der Waals surface area contributed by atoms with Gasteiger partial charge in [-0.2, -0.15) is 10.2 Å². The minimum absolute atomic E-state index is 0.244. The van der Waals surface area contributed by atoms with Crippen LogP contribution in [0.15, 0.2) is 65.9 Å². The number of hydrogen-bond donors (Lipinski definition) is 2. The molecule has 0 bridgehead atoms. The highest BCUT2D eigenvalue weighted by molar-refractivity contribution is 6.00. The lowest BCUT2D eigenvalue weighted by Gasteiger charge is -2.06. The number of aromatic nitrogens is 3. The topological polar surface area (TPSA) is 75.1 Å². The normalized spacial score (nSPS) is 11.4. The lowest BCUT2D eigenvalue weighted by Crippen LogP contribution is -2.18. The molecule has 0 aliphatic rings. The molecular formula is C22H21N5O. The molecule has 0 fully saturated rings. The standard InChI is InChI=1S/C22H21N5O/c1-15-10-16(2)27(26-15)14-17-6-5-7-18(11-17)22(28)25-24-13-19-12-23-21-9-4-3-8-20(19)21/h3-13,23H,14H2,1-2H3,(H,25,28)/b24-13+. The van der Waals surface area contributed by atoms with Crippen molar-refractivity contribution in [3.05, 3.63) is 88.9 Å². The molecule has 2 aromatic heterocycles. The van der Waals surface area contributed by atoms with Gasteiger partial charge >= 0.3 is 0 Å². The summed E-state index contributed by atoms with van der Waals surface area (Å²) in [6.45, 7) is 4.62. The number of nitrogens with one attached hydrogen (secondary N) is 2. The quantitative estimate of drug-likeness (QED) is 0.414. The van der Waals surface area contributed by atoms with Crippen molar-refractivity contribution in [2.24, 2.45) is 5.10 Å². The van der Waals surface area contributed by atoms with Crippen molar-refractivity contribution in [3.63, 3.8) is 0 Å². The first-order valence-corrected chi connectivity index (χ1v) is 9.10. The molecule has 4 rings (SSSR count). The lowest BCUT2D eigenvalue weighted by molar-refractivity contribution is 0.0955. The van der Waals surface area contributed by atoms with Crippen molar-refractivity contribution < 1.29 is 4.79 Å². The predicted molar refractivity (Wildman–Crippen MR) is 111 cm³/mol. The molecule has 6 heteroatoms. The van der Waals surface area contributed by atoms with E-state index < -0.39 is 0 Å². The van der Waals surface area contributed by atoms with E-state index in [-0.39, 0.29) is 5.91 Å². The van der Waals surface area contributed by atoms with Crippen LogP contribution in [0.2, 0.25) is 0 Å². The molecule has 0 spiro atoms. The number of fused-ring (bicyclic) bond motifs is 1. The van der Waals surface area contributed by atoms with Gasteiger partial charge in [-0.15, -0.1) is 0 Å². The van der Waals surface area contributed by atoms with Crippen molar-refractivity contribution in [2.45, 2.75) is 20.4 Å². The van der Waals surface area contributed by atoms with Crippen LogP contribution in [-0.4, -0.2) is 26.9 Å². The van der Waals surface area contributed by atoms with E-state index in [2.05, 4.69) is 20.6 Å². The van der Waals surface area contributed by atoms with Crippen LogP contribution in [0.4, 0.5) is 0 Å². The van der Waals surface area contributed by atoms with Gasteiger partial charge in [-0.05, 0) is 43.7 Å². The smallest absolute Gasteiger partial charge is 0.271 e. The Morgan fingerprint density at radius 1 is 1.18 bits per heavy atom. The first-order chi connectivity index (χ1) is 13.6. The van der Waals surface area contributed by atoms with Gasteiger partial charge in [0.05, 0.1) is 18.5 Å². The third-order valence-electron chi connectivity index (χ3n) is 4.62. The number of rotatable bonds is 5. The van der Waals surface area contributed by atoms with Crippen molar-refractivity contribution in [3.8, 4) is 0 Å². The maximum atomic E-state index is 12.5. The first-order valence-electron chi connectivity index (χ1n) is 9.10. The van der Waals surface area contributed by atoms with Crippen LogP contribution in [0.5, 0.6) is 0 Å². The Hall–Kier alpha value is -3.67. The first kappa shape index (κ1) is 17.7. The highest BCUT2D eigenvalue weighted by atomic mass is 16.2. The SMILES string of the molecule is Cc1cc(C)n(Cc2cccc(C(=O)N/N=C/c3c[nH]c4ccccc34)c2)n1. The zero-order valence-corrected chi connectivity index (χ0v) is 15.8. The monoisotopic (exact) mass is 371 g/mol. The summed E-state index contributed by atoms with van der Waals surface area (Å²) >= 11 is 0. The van der Waals surface area contributed by atoms with E-state index in [9.17, 15) is 4.79 Å². The number of hydrazone groups is 1. The highest BCUT2D eigenvalue weighted by Crippen LogP contribution is 2.15. The summed E-state index contributed by atoms with van der Waals surface area (Å²) in [6, 6.07) is 17.5. The number of nitrogens with zero attached hydrogens (tertiary/aromatic N) is 3. The number of para-hydroxylation sites is 1. The Morgan fingerprint density at radius 2 is 2.04 bits per heavy atom.